The monoisotopic (exact) mass is 255 g/mol. The third-order valence-corrected chi connectivity index (χ3v) is 3.53. The molecular formula is C16H33NO. The van der Waals surface area contributed by atoms with Gasteiger partial charge in [-0.25, -0.2) is 0 Å². The number of carbonyl (C=O) groups excluding carboxylic acids is 1. The van der Waals surface area contributed by atoms with E-state index in [-0.39, 0.29) is 7.43 Å². The fourth-order valence-electron chi connectivity index (χ4n) is 2.94. The SMILES string of the molecule is C.CC(C)CC(CC(=O)N1CCCC1)CC(C)C. The summed E-state index contributed by atoms with van der Waals surface area (Å²) in [5, 5.41) is 0. The van der Waals surface area contributed by atoms with E-state index in [0.29, 0.717) is 23.7 Å². The van der Waals surface area contributed by atoms with Gasteiger partial charge in [0.25, 0.3) is 0 Å². The Morgan fingerprint density at radius 1 is 1.00 bits per heavy atom. The molecule has 1 heterocycles. The van der Waals surface area contributed by atoms with Gasteiger partial charge in [0, 0.05) is 19.5 Å². The van der Waals surface area contributed by atoms with Crippen LogP contribution in [0.4, 0.5) is 0 Å². The quantitative estimate of drug-likeness (QED) is 0.691. The van der Waals surface area contributed by atoms with E-state index in [0.717, 1.165) is 19.5 Å². The Labute approximate surface area is 114 Å². The molecule has 0 aromatic heterocycles. The lowest BCUT2D eigenvalue weighted by atomic mass is 9.87. The highest BCUT2D eigenvalue weighted by atomic mass is 16.2. The molecule has 2 heteroatoms. The summed E-state index contributed by atoms with van der Waals surface area (Å²) in [5.41, 5.74) is 0. The Morgan fingerprint density at radius 3 is 1.83 bits per heavy atom. The van der Waals surface area contributed by atoms with Crippen LogP contribution in [0.5, 0.6) is 0 Å². The molecule has 0 bridgehead atoms. The fourth-order valence-corrected chi connectivity index (χ4v) is 2.94. The van der Waals surface area contributed by atoms with E-state index in [9.17, 15) is 4.79 Å². The molecule has 1 saturated heterocycles. The van der Waals surface area contributed by atoms with Crippen molar-refractivity contribution in [1.29, 1.82) is 0 Å². The zero-order valence-electron chi connectivity index (χ0n) is 12.0. The molecule has 0 radical (unpaired) electrons. The van der Waals surface area contributed by atoms with Gasteiger partial charge in [-0.15, -0.1) is 0 Å². The third-order valence-electron chi connectivity index (χ3n) is 3.53. The van der Waals surface area contributed by atoms with E-state index in [4.69, 9.17) is 0 Å². The second kappa shape index (κ2) is 8.55. The summed E-state index contributed by atoms with van der Waals surface area (Å²) < 4.78 is 0. The fraction of sp³-hybridized carbons (Fsp3) is 0.938. The smallest absolute Gasteiger partial charge is 0.222 e. The molecule has 0 unspecified atom stereocenters. The molecule has 0 saturated carbocycles. The number of likely N-dealkylation sites (tertiary alicyclic amines) is 1. The van der Waals surface area contributed by atoms with Gasteiger partial charge in [-0.3, -0.25) is 4.79 Å². The molecule has 1 fully saturated rings. The Balaban J connectivity index is 0.00000289. The van der Waals surface area contributed by atoms with Gasteiger partial charge in [0.15, 0.2) is 0 Å². The van der Waals surface area contributed by atoms with Crippen LogP contribution in [0.2, 0.25) is 0 Å². The van der Waals surface area contributed by atoms with E-state index >= 15 is 0 Å². The molecule has 0 aliphatic carbocycles. The van der Waals surface area contributed by atoms with Gasteiger partial charge in [-0.2, -0.15) is 0 Å². The zero-order valence-corrected chi connectivity index (χ0v) is 12.0. The summed E-state index contributed by atoms with van der Waals surface area (Å²) in [7, 11) is 0. The molecule has 108 valence electrons. The van der Waals surface area contributed by atoms with Crippen molar-refractivity contribution >= 4 is 5.91 Å². The van der Waals surface area contributed by atoms with Crippen LogP contribution in [0.3, 0.4) is 0 Å². The third kappa shape index (κ3) is 6.42. The first kappa shape index (κ1) is 17.5. The minimum absolute atomic E-state index is 0. The summed E-state index contributed by atoms with van der Waals surface area (Å²) in [4.78, 5) is 14.2. The van der Waals surface area contributed by atoms with Crippen LogP contribution in [-0.4, -0.2) is 23.9 Å². The number of nitrogens with zero attached hydrogens (tertiary/aromatic N) is 1. The zero-order chi connectivity index (χ0) is 12.8. The van der Waals surface area contributed by atoms with Gasteiger partial charge in [0.05, 0.1) is 0 Å². The van der Waals surface area contributed by atoms with Gasteiger partial charge >= 0.3 is 0 Å². The van der Waals surface area contributed by atoms with Crippen LogP contribution < -0.4 is 0 Å². The number of carbonyl (C=O) groups is 1. The van der Waals surface area contributed by atoms with Crippen molar-refractivity contribution in [2.24, 2.45) is 17.8 Å². The highest BCUT2D eigenvalue weighted by molar-refractivity contribution is 5.76. The largest absolute Gasteiger partial charge is 0.343 e. The lowest BCUT2D eigenvalue weighted by molar-refractivity contribution is -0.131. The standard InChI is InChI=1S/C15H29NO.CH4/c1-12(2)9-14(10-13(3)4)11-15(17)16-7-5-6-8-16;/h12-14H,5-11H2,1-4H3;1H4. The molecule has 0 N–H and O–H groups in total. The molecule has 0 spiro atoms. The second-order valence-electron chi connectivity index (χ2n) is 6.42. The second-order valence-corrected chi connectivity index (χ2v) is 6.42. The number of rotatable bonds is 6. The Morgan fingerprint density at radius 2 is 1.44 bits per heavy atom. The summed E-state index contributed by atoms with van der Waals surface area (Å²) in [6.45, 7) is 11.0. The molecule has 0 aromatic rings. The lowest BCUT2D eigenvalue weighted by Gasteiger charge is -2.23. The average molecular weight is 255 g/mol. The predicted octanol–water partition coefficient (Wildman–Crippen LogP) is 4.34. The van der Waals surface area contributed by atoms with Crippen LogP contribution in [0.15, 0.2) is 0 Å². The molecular weight excluding hydrogens is 222 g/mol. The molecule has 1 rings (SSSR count). The number of hydrogen-bond acceptors (Lipinski definition) is 1. The highest BCUT2D eigenvalue weighted by Crippen LogP contribution is 2.24. The Kier molecular flexibility index (Phi) is 8.30. The summed E-state index contributed by atoms with van der Waals surface area (Å²) >= 11 is 0. The molecule has 18 heavy (non-hydrogen) atoms. The van der Waals surface area contributed by atoms with Crippen molar-refractivity contribution in [2.75, 3.05) is 13.1 Å². The summed E-state index contributed by atoms with van der Waals surface area (Å²) in [6.07, 6.45) is 5.56. The lowest BCUT2D eigenvalue weighted by Crippen LogP contribution is -2.30. The summed E-state index contributed by atoms with van der Waals surface area (Å²) in [5.74, 6) is 2.38. The minimum Gasteiger partial charge on any atom is -0.343 e. The normalized spacial score (nSPS) is 15.6. The molecule has 0 atom stereocenters. The highest BCUT2D eigenvalue weighted by Gasteiger charge is 2.22. The van der Waals surface area contributed by atoms with Crippen LogP contribution in [0, 0.1) is 17.8 Å². The summed E-state index contributed by atoms with van der Waals surface area (Å²) in [6, 6.07) is 0. The maximum atomic E-state index is 12.1. The van der Waals surface area contributed by atoms with Crippen LogP contribution >= 0.6 is 0 Å². The van der Waals surface area contributed by atoms with Crippen molar-refractivity contribution in [2.45, 2.75) is 67.2 Å². The van der Waals surface area contributed by atoms with Crippen molar-refractivity contribution in [3.8, 4) is 0 Å². The topological polar surface area (TPSA) is 20.3 Å². The van der Waals surface area contributed by atoms with Crippen LogP contribution in [-0.2, 0) is 4.79 Å². The van der Waals surface area contributed by atoms with Crippen LogP contribution in [0.1, 0.15) is 67.2 Å². The van der Waals surface area contributed by atoms with Gasteiger partial charge in [0.2, 0.25) is 5.91 Å². The van der Waals surface area contributed by atoms with E-state index in [1.54, 1.807) is 0 Å². The van der Waals surface area contributed by atoms with Crippen molar-refractivity contribution < 1.29 is 4.79 Å². The van der Waals surface area contributed by atoms with E-state index in [1.807, 2.05) is 0 Å². The average Bonchev–Trinajstić information content (AvgIpc) is 2.67. The Bertz CT molecular complexity index is 219. The van der Waals surface area contributed by atoms with Gasteiger partial charge in [-0.1, -0.05) is 35.1 Å². The van der Waals surface area contributed by atoms with Crippen molar-refractivity contribution in [1.82, 2.24) is 4.90 Å². The van der Waals surface area contributed by atoms with Crippen molar-refractivity contribution in [3.63, 3.8) is 0 Å². The number of amides is 1. The number of hydrogen-bond donors (Lipinski definition) is 0. The van der Waals surface area contributed by atoms with E-state index in [1.165, 1.54) is 25.7 Å². The first-order valence-corrected chi connectivity index (χ1v) is 7.26. The molecule has 2 nitrogen and oxygen atoms in total. The van der Waals surface area contributed by atoms with Gasteiger partial charge < -0.3 is 4.90 Å². The molecule has 1 aliphatic rings. The maximum Gasteiger partial charge on any atom is 0.222 e. The van der Waals surface area contributed by atoms with Crippen LogP contribution in [0.25, 0.3) is 0 Å². The van der Waals surface area contributed by atoms with E-state index in [2.05, 4.69) is 32.6 Å². The van der Waals surface area contributed by atoms with Crippen molar-refractivity contribution in [3.05, 3.63) is 0 Å². The predicted molar refractivity (Wildman–Crippen MR) is 79.6 cm³/mol. The minimum atomic E-state index is 0. The van der Waals surface area contributed by atoms with E-state index < -0.39 is 0 Å². The van der Waals surface area contributed by atoms with Gasteiger partial charge in [-0.05, 0) is 43.4 Å². The van der Waals surface area contributed by atoms with Gasteiger partial charge in [0.1, 0.15) is 0 Å². The molecule has 1 amide bonds. The molecule has 0 aromatic carbocycles. The maximum absolute atomic E-state index is 12.1. The molecule has 1 aliphatic heterocycles. The Hall–Kier alpha value is -0.530. The first-order chi connectivity index (χ1) is 7.99. The first-order valence-electron chi connectivity index (χ1n) is 7.26.